The third-order valence-electron chi connectivity index (χ3n) is 1.99. The molecule has 0 aliphatic carbocycles. The summed E-state index contributed by atoms with van der Waals surface area (Å²) < 4.78 is 10.1. The molecule has 1 rings (SSSR count). The summed E-state index contributed by atoms with van der Waals surface area (Å²) in [6.07, 6.45) is 1.05. The van der Waals surface area contributed by atoms with E-state index in [2.05, 4.69) is 37.4 Å². The highest BCUT2D eigenvalue weighted by atomic mass is 127. The van der Waals surface area contributed by atoms with E-state index >= 15 is 0 Å². The average molecular weight is 361 g/mol. The Morgan fingerprint density at radius 3 is 2.28 bits per heavy atom. The smallest absolute Gasteiger partial charge is 0.354 e. The van der Waals surface area contributed by atoms with Crippen molar-refractivity contribution >= 4 is 40.2 Å². The van der Waals surface area contributed by atoms with Crippen LogP contribution in [0.15, 0.2) is 36.0 Å². The van der Waals surface area contributed by atoms with Gasteiger partial charge in [0.05, 0.1) is 20.3 Å². The minimum Gasteiger partial charge on any atom is -0.466 e. The molecule has 0 spiro atoms. The van der Waals surface area contributed by atoms with Crippen molar-refractivity contribution in [2.75, 3.05) is 19.5 Å². The maximum atomic E-state index is 11.5. The highest BCUT2D eigenvalue weighted by molar-refractivity contribution is 14.1. The molecule has 1 aromatic rings. The maximum Gasteiger partial charge on any atom is 0.354 e. The van der Waals surface area contributed by atoms with Gasteiger partial charge in [-0.05, 0) is 46.9 Å². The quantitative estimate of drug-likeness (QED) is 0.505. The molecular formula is C12H12INO4. The van der Waals surface area contributed by atoms with E-state index in [0.717, 1.165) is 9.65 Å². The predicted molar refractivity (Wildman–Crippen MR) is 74.9 cm³/mol. The van der Waals surface area contributed by atoms with Crippen molar-refractivity contribution in [2.45, 2.75) is 0 Å². The van der Waals surface area contributed by atoms with Crippen molar-refractivity contribution in [2.24, 2.45) is 0 Å². The molecule has 5 nitrogen and oxygen atoms in total. The molecule has 0 amide bonds. The summed E-state index contributed by atoms with van der Waals surface area (Å²) in [4.78, 5) is 22.6. The Morgan fingerprint density at radius 2 is 1.78 bits per heavy atom. The summed E-state index contributed by atoms with van der Waals surface area (Å²) in [7, 11) is 2.47. The van der Waals surface area contributed by atoms with Crippen LogP contribution in [-0.4, -0.2) is 26.2 Å². The summed E-state index contributed by atoms with van der Waals surface area (Å²) in [5, 5.41) is 2.80. The Hall–Kier alpha value is -1.57. The highest BCUT2D eigenvalue weighted by Crippen LogP contribution is 2.14. The molecule has 0 atom stereocenters. The lowest BCUT2D eigenvalue weighted by molar-refractivity contribution is -0.138. The van der Waals surface area contributed by atoms with Gasteiger partial charge >= 0.3 is 11.9 Å². The van der Waals surface area contributed by atoms with Gasteiger partial charge in [0.15, 0.2) is 0 Å². The molecule has 0 saturated carbocycles. The van der Waals surface area contributed by atoms with E-state index in [9.17, 15) is 9.59 Å². The normalized spacial score (nSPS) is 10.7. The second kappa shape index (κ2) is 7.00. The second-order valence-electron chi connectivity index (χ2n) is 3.20. The van der Waals surface area contributed by atoms with Gasteiger partial charge in [0, 0.05) is 9.26 Å². The van der Waals surface area contributed by atoms with Gasteiger partial charge < -0.3 is 14.8 Å². The summed E-state index contributed by atoms with van der Waals surface area (Å²) in [6, 6.07) is 7.32. The molecule has 6 heteroatoms. The fourth-order valence-electron chi connectivity index (χ4n) is 1.12. The number of rotatable bonds is 4. The summed E-state index contributed by atoms with van der Waals surface area (Å²) in [5.74, 6) is -1.27. The number of hydrogen-bond acceptors (Lipinski definition) is 5. The lowest BCUT2D eigenvalue weighted by Gasteiger charge is -2.08. The molecule has 0 aromatic heterocycles. The first kappa shape index (κ1) is 14.5. The molecular weight excluding hydrogens is 349 g/mol. The summed E-state index contributed by atoms with van der Waals surface area (Å²) >= 11 is 2.17. The van der Waals surface area contributed by atoms with Crippen molar-refractivity contribution in [1.29, 1.82) is 0 Å². The van der Waals surface area contributed by atoms with E-state index in [1.165, 1.54) is 14.2 Å². The first-order chi connectivity index (χ1) is 8.56. The number of nitrogens with one attached hydrogen (secondary N) is 1. The Balaban J connectivity index is 2.91. The number of methoxy groups -OCH3 is 2. The lowest BCUT2D eigenvalue weighted by Crippen LogP contribution is -2.15. The van der Waals surface area contributed by atoms with E-state index in [0.29, 0.717) is 5.69 Å². The maximum absolute atomic E-state index is 11.5. The zero-order valence-electron chi connectivity index (χ0n) is 9.90. The minimum atomic E-state index is -0.640. The fraction of sp³-hybridized carbons (Fsp3) is 0.167. The molecule has 1 N–H and O–H groups in total. The summed E-state index contributed by atoms with van der Waals surface area (Å²) in [6.45, 7) is 0. The van der Waals surface area contributed by atoms with Crippen LogP contribution in [-0.2, 0) is 19.1 Å². The molecule has 0 radical (unpaired) electrons. The van der Waals surface area contributed by atoms with Crippen LogP contribution in [0.5, 0.6) is 0 Å². The molecule has 18 heavy (non-hydrogen) atoms. The van der Waals surface area contributed by atoms with Crippen LogP contribution < -0.4 is 5.32 Å². The van der Waals surface area contributed by atoms with Gasteiger partial charge in [-0.25, -0.2) is 9.59 Å². The zero-order chi connectivity index (χ0) is 13.5. The summed E-state index contributed by atoms with van der Waals surface area (Å²) in [5.41, 5.74) is 0.696. The molecule has 0 aliphatic rings. The van der Waals surface area contributed by atoms with Crippen molar-refractivity contribution < 1.29 is 19.1 Å². The van der Waals surface area contributed by atoms with Crippen LogP contribution in [0.2, 0.25) is 0 Å². The number of halogens is 1. The molecule has 0 bridgehead atoms. The number of benzene rings is 1. The Morgan fingerprint density at radius 1 is 1.17 bits per heavy atom. The van der Waals surface area contributed by atoms with Crippen LogP contribution in [0.25, 0.3) is 0 Å². The molecule has 0 aliphatic heterocycles. The largest absolute Gasteiger partial charge is 0.466 e. The number of esters is 2. The van der Waals surface area contributed by atoms with Gasteiger partial charge in [-0.3, -0.25) is 0 Å². The van der Waals surface area contributed by atoms with E-state index in [4.69, 9.17) is 0 Å². The van der Waals surface area contributed by atoms with Crippen LogP contribution in [0.1, 0.15) is 0 Å². The van der Waals surface area contributed by atoms with E-state index in [1.807, 2.05) is 12.1 Å². The van der Waals surface area contributed by atoms with Gasteiger partial charge in [0.2, 0.25) is 0 Å². The highest BCUT2D eigenvalue weighted by Gasteiger charge is 2.12. The van der Waals surface area contributed by atoms with Crippen molar-refractivity contribution in [3.8, 4) is 0 Å². The molecule has 0 heterocycles. The van der Waals surface area contributed by atoms with Gasteiger partial charge in [-0.1, -0.05) is 0 Å². The first-order valence-corrected chi connectivity index (χ1v) is 6.05. The predicted octanol–water partition coefficient (Wildman–Crippen LogP) is 1.93. The lowest BCUT2D eigenvalue weighted by atomic mass is 10.3. The van der Waals surface area contributed by atoms with Gasteiger partial charge in [-0.2, -0.15) is 0 Å². The topological polar surface area (TPSA) is 64.6 Å². The standard InChI is InChI=1S/C12H12INO4/c1-17-11(15)7-10(12(16)18-2)14-9-5-3-8(13)4-6-9/h3-7,14H,1-2H3/b10-7+. The Kier molecular flexibility index (Phi) is 5.63. The van der Waals surface area contributed by atoms with Crippen molar-refractivity contribution in [3.05, 3.63) is 39.6 Å². The van der Waals surface area contributed by atoms with E-state index in [-0.39, 0.29) is 5.70 Å². The number of anilines is 1. The van der Waals surface area contributed by atoms with Crippen LogP contribution >= 0.6 is 22.6 Å². The Bertz CT molecular complexity index is 467. The molecule has 0 saturated heterocycles. The van der Waals surface area contributed by atoms with Gasteiger partial charge in [-0.15, -0.1) is 0 Å². The zero-order valence-corrected chi connectivity index (χ0v) is 12.1. The number of hydrogen-bond donors (Lipinski definition) is 1. The number of carbonyl (C=O) groups is 2. The number of carbonyl (C=O) groups excluding carboxylic acids is 2. The van der Waals surface area contributed by atoms with Crippen molar-refractivity contribution in [3.63, 3.8) is 0 Å². The fourth-order valence-corrected chi connectivity index (χ4v) is 1.48. The molecule has 96 valence electrons. The molecule has 0 unspecified atom stereocenters. The SMILES string of the molecule is COC(=O)/C=C(/Nc1ccc(I)cc1)C(=O)OC. The van der Waals surface area contributed by atoms with Gasteiger partial charge in [0.1, 0.15) is 5.70 Å². The molecule has 1 aromatic carbocycles. The van der Waals surface area contributed by atoms with Crippen LogP contribution in [0.3, 0.4) is 0 Å². The third kappa shape index (κ3) is 4.36. The van der Waals surface area contributed by atoms with E-state index < -0.39 is 11.9 Å². The van der Waals surface area contributed by atoms with Crippen LogP contribution in [0.4, 0.5) is 5.69 Å². The second-order valence-corrected chi connectivity index (χ2v) is 4.45. The van der Waals surface area contributed by atoms with Crippen molar-refractivity contribution in [1.82, 2.24) is 0 Å². The van der Waals surface area contributed by atoms with E-state index in [1.54, 1.807) is 12.1 Å². The third-order valence-corrected chi connectivity index (χ3v) is 2.71. The first-order valence-electron chi connectivity index (χ1n) is 4.97. The average Bonchev–Trinajstić information content (AvgIpc) is 2.39. The molecule has 0 fully saturated rings. The monoisotopic (exact) mass is 361 g/mol. The van der Waals surface area contributed by atoms with Crippen LogP contribution in [0, 0.1) is 3.57 Å². The number of ether oxygens (including phenoxy) is 2. The Labute approximate surface area is 118 Å². The minimum absolute atomic E-state index is 0.0190. The van der Waals surface area contributed by atoms with Gasteiger partial charge in [0.25, 0.3) is 0 Å².